The predicted molar refractivity (Wildman–Crippen MR) is 55.6 cm³/mol. The minimum atomic E-state index is -0.545. The maximum absolute atomic E-state index is 13.4. The fourth-order valence-corrected chi connectivity index (χ4v) is 1.25. The van der Waals surface area contributed by atoms with Gasteiger partial charge in [0.2, 0.25) is 0 Å². The third-order valence-corrected chi connectivity index (χ3v) is 2.08. The van der Waals surface area contributed by atoms with E-state index in [0.717, 1.165) is 0 Å². The number of carbonyl (C=O) groups is 1. The van der Waals surface area contributed by atoms with Crippen LogP contribution in [0.5, 0.6) is 5.75 Å². The van der Waals surface area contributed by atoms with Crippen molar-refractivity contribution in [1.82, 2.24) is 0 Å². The molecule has 0 saturated carbocycles. The maximum atomic E-state index is 13.4. The molecule has 4 heteroatoms. The lowest BCUT2D eigenvalue weighted by molar-refractivity contribution is 0.0977. The van der Waals surface area contributed by atoms with E-state index in [4.69, 9.17) is 10.5 Å². The topological polar surface area (TPSA) is 52.3 Å². The number of methoxy groups -OCH3 is 1. The molecule has 0 amide bonds. The van der Waals surface area contributed by atoms with Crippen LogP contribution < -0.4 is 10.5 Å². The Morgan fingerprint density at radius 2 is 2.27 bits per heavy atom. The van der Waals surface area contributed by atoms with Gasteiger partial charge in [-0.05, 0) is 25.1 Å². The molecule has 15 heavy (non-hydrogen) atoms. The normalized spacial score (nSPS) is 10.1. The number of Topliss-reactive ketones (excluding diaryl/α,β-unsaturated/α-hetero) is 1. The third kappa shape index (κ3) is 3.02. The van der Waals surface area contributed by atoms with E-state index < -0.39 is 5.82 Å². The van der Waals surface area contributed by atoms with Crippen molar-refractivity contribution in [3.8, 4) is 5.75 Å². The number of benzene rings is 1. The van der Waals surface area contributed by atoms with Crippen molar-refractivity contribution in [3.63, 3.8) is 0 Å². The van der Waals surface area contributed by atoms with E-state index in [1.165, 1.54) is 19.2 Å². The molecule has 0 saturated heterocycles. The van der Waals surface area contributed by atoms with Crippen molar-refractivity contribution < 1.29 is 13.9 Å². The summed E-state index contributed by atoms with van der Waals surface area (Å²) in [7, 11) is 1.45. The van der Waals surface area contributed by atoms with Crippen LogP contribution in [-0.4, -0.2) is 19.4 Å². The van der Waals surface area contributed by atoms with Gasteiger partial charge < -0.3 is 10.5 Å². The second-order valence-corrected chi connectivity index (χ2v) is 3.16. The number of ether oxygens (including phenoxy) is 1. The molecule has 0 aliphatic heterocycles. The van der Waals surface area contributed by atoms with E-state index in [1.54, 1.807) is 6.07 Å². The largest absolute Gasteiger partial charge is 0.497 e. The van der Waals surface area contributed by atoms with Crippen LogP contribution in [0.15, 0.2) is 18.2 Å². The Morgan fingerprint density at radius 3 is 2.80 bits per heavy atom. The van der Waals surface area contributed by atoms with Gasteiger partial charge in [-0.1, -0.05) is 0 Å². The highest BCUT2D eigenvalue weighted by Gasteiger charge is 2.11. The highest BCUT2D eigenvalue weighted by Crippen LogP contribution is 2.17. The molecule has 82 valence electrons. The zero-order valence-electron chi connectivity index (χ0n) is 8.63. The smallest absolute Gasteiger partial charge is 0.165 e. The number of carbonyl (C=O) groups excluding carboxylic acids is 1. The SMILES string of the molecule is COc1ccc(C(=O)CCCN)c(F)c1. The van der Waals surface area contributed by atoms with Gasteiger partial charge in [0.1, 0.15) is 11.6 Å². The van der Waals surface area contributed by atoms with Gasteiger partial charge in [-0.25, -0.2) is 4.39 Å². The Bertz CT molecular complexity index is 352. The summed E-state index contributed by atoms with van der Waals surface area (Å²) in [5, 5.41) is 0. The standard InChI is InChI=1S/C11H14FNO2/c1-15-8-4-5-9(10(12)7-8)11(14)3-2-6-13/h4-5,7H,2-3,6,13H2,1H3. The molecule has 0 aliphatic rings. The first-order chi connectivity index (χ1) is 7.19. The quantitative estimate of drug-likeness (QED) is 0.755. The molecule has 0 bridgehead atoms. The van der Waals surface area contributed by atoms with Crippen molar-refractivity contribution >= 4 is 5.78 Å². The van der Waals surface area contributed by atoms with Crippen LogP contribution in [-0.2, 0) is 0 Å². The molecule has 0 fully saturated rings. The second-order valence-electron chi connectivity index (χ2n) is 3.16. The molecule has 0 heterocycles. The summed E-state index contributed by atoms with van der Waals surface area (Å²) in [5.41, 5.74) is 5.37. The number of nitrogens with two attached hydrogens (primary N) is 1. The molecular weight excluding hydrogens is 197 g/mol. The molecule has 1 rings (SSSR count). The lowest BCUT2D eigenvalue weighted by Gasteiger charge is -2.04. The summed E-state index contributed by atoms with van der Waals surface area (Å²) in [5.74, 6) is -0.361. The number of rotatable bonds is 5. The first-order valence-electron chi connectivity index (χ1n) is 4.76. The summed E-state index contributed by atoms with van der Waals surface area (Å²) in [6, 6.07) is 4.21. The Labute approximate surface area is 88.0 Å². The van der Waals surface area contributed by atoms with Gasteiger partial charge in [0.05, 0.1) is 12.7 Å². The van der Waals surface area contributed by atoms with E-state index in [0.29, 0.717) is 18.7 Å². The van der Waals surface area contributed by atoms with Crippen molar-refractivity contribution in [3.05, 3.63) is 29.6 Å². The van der Waals surface area contributed by atoms with Gasteiger partial charge in [0.25, 0.3) is 0 Å². The van der Waals surface area contributed by atoms with Crippen molar-refractivity contribution in [2.75, 3.05) is 13.7 Å². The van der Waals surface area contributed by atoms with E-state index in [1.807, 2.05) is 0 Å². The first-order valence-corrected chi connectivity index (χ1v) is 4.76. The van der Waals surface area contributed by atoms with Crippen LogP contribution in [0.2, 0.25) is 0 Å². The maximum Gasteiger partial charge on any atom is 0.165 e. The zero-order chi connectivity index (χ0) is 11.3. The van der Waals surface area contributed by atoms with Crippen LogP contribution >= 0.6 is 0 Å². The predicted octanol–water partition coefficient (Wildman–Crippen LogP) is 1.76. The fourth-order valence-electron chi connectivity index (χ4n) is 1.25. The molecule has 0 aromatic heterocycles. The highest BCUT2D eigenvalue weighted by atomic mass is 19.1. The van der Waals surface area contributed by atoms with Crippen LogP contribution in [0.4, 0.5) is 4.39 Å². The van der Waals surface area contributed by atoms with Crippen molar-refractivity contribution in [2.45, 2.75) is 12.8 Å². The molecule has 0 atom stereocenters. The highest BCUT2D eigenvalue weighted by molar-refractivity contribution is 5.96. The van der Waals surface area contributed by atoms with Crippen LogP contribution in [0.1, 0.15) is 23.2 Å². The van der Waals surface area contributed by atoms with Crippen LogP contribution in [0.3, 0.4) is 0 Å². The van der Waals surface area contributed by atoms with E-state index in [9.17, 15) is 9.18 Å². The van der Waals surface area contributed by atoms with Gasteiger partial charge in [-0.3, -0.25) is 4.79 Å². The van der Waals surface area contributed by atoms with E-state index in [2.05, 4.69) is 0 Å². The average molecular weight is 211 g/mol. The minimum absolute atomic E-state index is 0.101. The zero-order valence-corrected chi connectivity index (χ0v) is 8.63. The molecule has 3 nitrogen and oxygen atoms in total. The molecular formula is C11H14FNO2. The summed E-state index contributed by atoms with van der Waals surface area (Å²) in [6.45, 7) is 0.434. The van der Waals surface area contributed by atoms with Crippen LogP contribution in [0.25, 0.3) is 0 Å². The molecule has 0 aliphatic carbocycles. The average Bonchev–Trinajstić information content (AvgIpc) is 2.25. The lowest BCUT2D eigenvalue weighted by atomic mass is 10.1. The van der Waals surface area contributed by atoms with Gasteiger partial charge in [0.15, 0.2) is 5.78 Å². The number of hydrogen-bond donors (Lipinski definition) is 1. The van der Waals surface area contributed by atoms with Crippen LogP contribution in [0, 0.1) is 5.82 Å². The molecule has 2 N–H and O–H groups in total. The monoisotopic (exact) mass is 211 g/mol. The van der Waals surface area contributed by atoms with E-state index >= 15 is 0 Å². The number of halogens is 1. The molecule has 0 radical (unpaired) electrons. The fraction of sp³-hybridized carbons (Fsp3) is 0.364. The summed E-state index contributed by atoms with van der Waals surface area (Å²) in [6.07, 6.45) is 0.851. The number of hydrogen-bond acceptors (Lipinski definition) is 3. The first kappa shape index (κ1) is 11.7. The van der Waals surface area contributed by atoms with Crippen molar-refractivity contribution in [2.24, 2.45) is 5.73 Å². The second kappa shape index (κ2) is 5.46. The number of ketones is 1. The Balaban J connectivity index is 2.81. The van der Waals surface area contributed by atoms with Gasteiger partial charge in [0, 0.05) is 12.5 Å². The van der Waals surface area contributed by atoms with Gasteiger partial charge >= 0.3 is 0 Å². The van der Waals surface area contributed by atoms with Gasteiger partial charge in [-0.15, -0.1) is 0 Å². The van der Waals surface area contributed by atoms with Gasteiger partial charge in [-0.2, -0.15) is 0 Å². The summed E-state index contributed by atoms with van der Waals surface area (Å²) < 4.78 is 18.2. The Hall–Kier alpha value is -1.42. The Kier molecular flexibility index (Phi) is 4.24. The lowest BCUT2D eigenvalue weighted by Crippen LogP contribution is -2.06. The minimum Gasteiger partial charge on any atom is -0.497 e. The molecule has 1 aromatic rings. The molecule has 1 aromatic carbocycles. The van der Waals surface area contributed by atoms with E-state index in [-0.39, 0.29) is 17.8 Å². The summed E-state index contributed by atoms with van der Waals surface area (Å²) in [4.78, 5) is 11.5. The third-order valence-electron chi connectivity index (χ3n) is 2.08. The molecule has 0 spiro atoms. The Morgan fingerprint density at radius 1 is 1.53 bits per heavy atom. The summed E-state index contributed by atoms with van der Waals surface area (Å²) >= 11 is 0. The van der Waals surface area contributed by atoms with Crippen molar-refractivity contribution in [1.29, 1.82) is 0 Å². The molecule has 0 unspecified atom stereocenters.